The predicted molar refractivity (Wildman–Crippen MR) is 141 cm³/mol. The first-order valence-corrected chi connectivity index (χ1v) is 13.1. The van der Waals surface area contributed by atoms with Crippen LogP contribution in [0.4, 0.5) is 0 Å². The summed E-state index contributed by atoms with van der Waals surface area (Å²) in [5, 5.41) is 0. The molecular formula is C31H36O7. The van der Waals surface area contributed by atoms with Crippen molar-refractivity contribution in [2.45, 2.75) is 65.1 Å². The number of carbonyl (C=O) groups is 4. The van der Waals surface area contributed by atoms with Crippen LogP contribution in [0.25, 0.3) is 0 Å². The van der Waals surface area contributed by atoms with Gasteiger partial charge in [0.2, 0.25) is 0 Å². The molecule has 1 saturated carbocycles. The Morgan fingerprint density at radius 2 is 1.42 bits per heavy atom. The Morgan fingerprint density at radius 1 is 0.868 bits per heavy atom. The maximum absolute atomic E-state index is 13.5. The molecule has 1 atom stereocenters. The molecule has 7 heteroatoms. The number of rotatable bonds is 13. The second kappa shape index (κ2) is 14.3. The highest BCUT2D eigenvalue weighted by molar-refractivity contribution is 6.05. The molecule has 2 aromatic rings. The van der Waals surface area contributed by atoms with Crippen molar-refractivity contribution in [1.82, 2.24) is 0 Å². The Kier molecular flexibility index (Phi) is 10.8. The van der Waals surface area contributed by atoms with Crippen LogP contribution in [0.3, 0.4) is 0 Å². The number of Topliss-reactive ketones (excluding diaryl/α,β-unsaturated/α-hetero) is 1. The van der Waals surface area contributed by atoms with Crippen LogP contribution in [0.5, 0.6) is 0 Å². The molecule has 0 saturated heterocycles. The molecule has 0 aromatic heterocycles. The minimum Gasteiger partial charge on any atom is -0.469 e. The first-order valence-electron chi connectivity index (χ1n) is 13.1. The van der Waals surface area contributed by atoms with E-state index in [1.165, 1.54) is 14.0 Å². The molecular weight excluding hydrogens is 484 g/mol. The van der Waals surface area contributed by atoms with Gasteiger partial charge in [-0.2, -0.15) is 0 Å². The average molecular weight is 521 g/mol. The van der Waals surface area contributed by atoms with Crippen molar-refractivity contribution in [3.05, 3.63) is 83.4 Å². The normalized spacial score (nSPS) is 16.3. The third-order valence-electron chi connectivity index (χ3n) is 7.00. The van der Waals surface area contributed by atoms with Crippen LogP contribution in [-0.4, -0.2) is 30.8 Å². The van der Waals surface area contributed by atoms with Crippen LogP contribution in [0, 0.1) is 11.3 Å². The van der Waals surface area contributed by atoms with Crippen molar-refractivity contribution in [3.63, 3.8) is 0 Å². The molecule has 38 heavy (non-hydrogen) atoms. The quantitative estimate of drug-likeness (QED) is 0.113. The van der Waals surface area contributed by atoms with Gasteiger partial charge < -0.3 is 14.2 Å². The number of hydrogen-bond donors (Lipinski definition) is 0. The van der Waals surface area contributed by atoms with Crippen LogP contribution in [0.2, 0.25) is 0 Å². The third kappa shape index (κ3) is 7.63. The Balaban J connectivity index is 1.76. The molecule has 0 N–H and O–H groups in total. The Labute approximate surface area is 224 Å². The lowest BCUT2D eigenvalue weighted by molar-refractivity contribution is -0.176. The number of methoxy groups -OCH3 is 1. The van der Waals surface area contributed by atoms with Gasteiger partial charge in [-0.05, 0) is 49.3 Å². The highest BCUT2D eigenvalue weighted by atomic mass is 16.6. The largest absolute Gasteiger partial charge is 0.469 e. The Bertz CT molecular complexity index is 1070. The maximum atomic E-state index is 13.5. The van der Waals surface area contributed by atoms with E-state index in [4.69, 9.17) is 9.47 Å². The minimum absolute atomic E-state index is 0.0150. The number of allylic oxidation sites excluding steroid dienone is 2. The zero-order valence-electron chi connectivity index (χ0n) is 22.1. The fraction of sp³-hybridized carbons (Fsp3) is 0.419. The van der Waals surface area contributed by atoms with Crippen molar-refractivity contribution in [3.8, 4) is 0 Å². The number of hydrogen-bond acceptors (Lipinski definition) is 7. The van der Waals surface area contributed by atoms with E-state index in [1.54, 1.807) is 0 Å². The summed E-state index contributed by atoms with van der Waals surface area (Å²) in [6, 6.07) is 18.5. The first kappa shape index (κ1) is 28.8. The zero-order chi connectivity index (χ0) is 27.4. The van der Waals surface area contributed by atoms with Gasteiger partial charge in [0.25, 0.3) is 0 Å². The summed E-state index contributed by atoms with van der Waals surface area (Å²) >= 11 is 0. The van der Waals surface area contributed by atoms with E-state index in [2.05, 4.69) is 4.74 Å². The van der Waals surface area contributed by atoms with Gasteiger partial charge in [-0.15, -0.1) is 0 Å². The second-order valence-corrected chi connectivity index (χ2v) is 9.68. The SMILES string of the molecule is COC(=O)CCCCC/C=C1\C(=O)CC[C@@H]1C(C)(C(=O)OCc1ccccc1)C(=O)OCc1ccccc1. The van der Waals surface area contributed by atoms with Gasteiger partial charge >= 0.3 is 17.9 Å². The van der Waals surface area contributed by atoms with Crippen LogP contribution in [-0.2, 0) is 46.6 Å². The van der Waals surface area contributed by atoms with E-state index in [-0.39, 0.29) is 31.4 Å². The zero-order valence-corrected chi connectivity index (χ0v) is 22.1. The summed E-state index contributed by atoms with van der Waals surface area (Å²) in [6.07, 6.45) is 5.69. The molecule has 3 rings (SSSR count). The lowest BCUT2D eigenvalue weighted by Crippen LogP contribution is -2.45. The minimum atomic E-state index is -1.67. The third-order valence-corrected chi connectivity index (χ3v) is 7.00. The predicted octanol–water partition coefficient (Wildman–Crippen LogP) is 5.51. The Morgan fingerprint density at radius 3 is 1.95 bits per heavy atom. The van der Waals surface area contributed by atoms with E-state index >= 15 is 0 Å². The van der Waals surface area contributed by atoms with E-state index in [0.717, 1.165) is 24.0 Å². The molecule has 202 valence electrons. The fourth-order valence-corrected chi connectivity index (χ4v) is 4.69. The lowest BCUT2D eigenvalue weighted by atomic mass is 9.73. The standard InChI is InChI=1S/C31H36O7/c1-31(29(34)37-21-23-13-7-5-8-14-23,30(35)38-22-24-15-9-6-10-16-24)26-19-20-27(32)25(26)17-11-3-4-12-18-28(33)36-2/h5-10,13-17,26H,3-4,11-12,18-22H2,1-2H3/b25-17-/t26-/m0/s1. The monoisotopic (exact) mass is 520 g/mol. The molecule has 2 aromatic carbocycles. The van der Waals surface area contributed by atoms with Crippen molar-refractivity contribution in [2.24, 2.45) is 11.3 Å². The van der Waals surface area contributed by atoms with Gasteiger partial charge in [0.05, 0.1) is 7.11 Å². The van der Waals surface area contributed by atoms with Gasteiger partial charge in [-0.1, -0.05) is 73.2 Å². The lowest BCUT2D eigenvalue weighted by Gasteiger charge is -2.31. The highest BCUT2D eigenvalue weighted by Gasteiger charge is 2.55. The molecule has 1 fully saturated rings. The van der Waals surface area contributed by atoms with E-state index < -0.39 is 23.3 Å². The van der Waals surface area contributed by atoms with Crippen molar-refractivity contribution in [1.29, 1.82) is 0 Å². The number of ketones is 1. The van der Waals surface area contributed by atoms with E-state index in [1.807, 2.05) is 66.7 Å². The van der Waals surface area contributed by atoms with Gasteiger partial charge in [-0.25, -0.2) is 0 Å². The van der Waals surface area contributed by atoms with E-state index in [9.17, 15) is 19.2 Å². The van der Waals surface area contributed by atoms with E-state index in [0.29, 0.717) is 31.3 Å². The van der Waals surface area contributed by atoms with Crippen molar-refractivity contribution in [2.75, 3.05) is 7.11 Å². The molecule has 0 bridgehead atoms. The average Bonchev–Trinajstić information content (AvgIpc) is 3.32. The van der Waals surface area contributed by atoms with Crippen molar-refractivity contribution < 1.29 is 33.4 Å². The smallest absolute Gasteiger partial charge is 0.324 e. The molecule has 0 unspecified atom stereocenters. The number of benzene rings is 2. The van der Waals surface area contributed by atoms with Crippen LogP contribution >= 0.6 is 0 Å². The van der Waals surface area contributed by atoms with Gasteiger partial charge in [-0.3, -0.25) is 19.2 Å². The molecule has 1 aliphatic carbocycles. The molecule has 0 aliphatic heterocycles. The second-order valence-electron chi connectivity index (χ2n) is 9.68. The van der Waals surface area contributed by atoms with Gasteiger partial charge in [0, 0.05) is 18.8 Å². The molecule has 0 spiro atoms. The molecule has 0 heterocycles. The topological polar surface area (TPSA) is 96.0 Å². The van der Waals surface area contributed by atoms with Gasteiger partial charge in [0.15, 0.2) is 11.2 Å². The fourth-order valence-electron chi connectivity index (χ4n) is 4.69. The molecule has 0 amide bonds. The highest BCUT2D eigenvalue weighted by Crippen LogP contribution is 2.44. The first-order chi connectivity index (χ1) is 18.4. The molecule has 7 nitrogen and oxygen atoms in total. The summed E-state index contributed by atoms with van der Waals surface area (Å²) < 4.78 is 15.9. The summed E-state index contributed by atoms with van der Waals surface area (Å²) in [5.41, 5.74) is 0.401. The number of ether oxygens (including phenoxy) is 3. The van der Waals surface area contributed by atoms with Crippen LogP contribution in [0.1, 0.15) is 63.0 Å². The number of carbonyl (C=O) groups excluding carboxylic acids is 4. The molecule has 0 radical (unpaired) electrons. The maximum Gasteiger partial charge on any atom is 0.324 e. The van der Waals surface area contributed by atoms with Gasteiger partial charge in [0.1, 0.15) is 13.2 Å². The molecule has 1 aliphatic rings. The summed E-state index contributed by atoms with van der Waals surface area (Å²) in [7, 11) is 1.37. The summed E-state index contributed by atoms with van der Waals surface area (Å²) in [5.74, 6) is -2.36. The van der Waals surface area contributed by atoms with Crippen LogP contribution in [0.15, 0.2) is 72.3 Å². The Hall–Kier alpha value is -3.74. The van der Waals surface area contributed by atoms with Crippen LogP contribution < -0.4 is 0 Å². The number of unbranched alkanes of at least 4 members (excludes halogenated alkanes) is 3. The summed E-state index contributed by atoms with van der Waals surface area (Å²) in [6.45, 7) is 1.56. The number of esters is 3. The summed E-state index contributed by atoms with van der Waals surface area (Å²) in [4.78, 5) is 51.2. The van der Waals surface area contributed by atoms with Crippen molar-refractivity contribution >= 4 is 23.7 Å².